The third-order valence-electron chi connectivity index (χ3n) is 4.23. The van der Waals surface area contributed by atoms with Crippen LogP contribution in [-0.4, -0.2) is 68.7 Å². The quantitative estimate of drug-likeness (QED) is 0.680. The SMILES string of the molecule is CN(Cc1nc(C2CNCCN2C)no1)c1ncnc2nc[nH]c12. The zero-order valence-electron chi connectivity index (χ0n) is 13.6. The van der Waals surface area contributed by atoms with Crippen LogP contribution in [0.5, 0.6) is 0 Å². The normalized spacial score (nSPS) is 19.0. The van der Waals surface area contributed by atoms with Crippen LogP contribution in [0.4, 0.5) is 5.82 Å². The van der Waals surface area contributed by atoms with Gasteiger partial charge in [-0.1, -0.05) is 5.16 Å². The van der Waals surface area contributed by atoms with E-state index in [0.717, 1.165) is 31.0 Å². The Morgan fingerprint density at radius 2 is 2.29 bits per heavy atom. The van der Waals surface area contributed by atoms with Gasteiger partial charge < -0.3 is 19.7 Å². The first-order valence-electron chi connectivity index (χ1n) is 7.81. The topological polar surface area (TPSA) is 112 Å². The molecule has 0 radical (unpaired) electrons. The van der Waals surface area contributed by atoms with Crippen molar-refractivity contribution in [2.45, 2.75) is 12.6 Å². The predicted octanol–water partition coefficient (Wildman–Crippen LogP) is -0.0516. The minimum Gasteiger partial charge on any atom is -0.348 e. The lowest BCUT2D eigenvalue weighted by Crippen LogP contribution is -2.44. The van der Waals surface area contributed by atoms with Crippen LogP contribution in [0.2, 0.25) is 0 Å². The second kappa shape index (κ2) is 6.13. The molecule has 0 saturated carbocycles. The van der Waals surface area contributed by atoms with Crippen molar-refractivity contribution < 1.29 is 4.52 Å². The van der Waals surface area contributed by atoms with Crippen LogP contribution in [0.15, 0.2) is 17.2 Å². The number of H-pyrrole nitrogens is 1. The van der Waals surface area contributed by atoms with Gasteiger partial charge in [-0.3, -0.25) is 4.90 Å². The maximum absolute atomic E-state index is 5.43. The van der Waals surface area contributed by atoms with Crippen LogP contribution in [0.1, 0.15) is 17.8 Å². The monoisotopic (exact) mass is 329 g/mol. The van der Waals surface area contributed by atoms with Crippen LogP contribution in [0.3, 0.4) is 0 Å². The number of aromatic nitrogens is 6. The first kappa shape index (κ1) is 15.0. The van der Waals surface area contributed by atoms with E-state index in [1.165, 1.54) is 6.33 Å². The fourth-order valence-corrected chi connectivity index (χ4v) is 2.88. The summed E-state index contributed by atoms with van der Waals surface area (Å²) < 4.78 is 5.43. The Morgan fingerprint density at radius 3 is 3.17 bits per heavy atom. The fraction of sp³-hybridized carbons (Fsp3) is 0.500. The lowest BCUT2D eigenvalue weighted by molar-refractivity contribution is 0.190. The molecule has 0 bridgehead atoms. The number of nitrogens with zero attached hydrogens (tertiary/aromatic N) is 7. The van der Waals surface area contributed by atoms with Gasteiger partial charge in [0.2, 0.25) is 5.89 Å². The summed E-state index contributed by atoms with van der Waals surface area (Å²) in [5.41, 5.74) is 1.42. The minimum atomic E-state index is 0.139. The number of anilines is 1. The van der Waals surface area contributed by atoms with Crippen LogP contribution < -0.4 is 10.2 Å². The van der Waals surface area contributed by atoms with Gasteiger partial charge in [0.15, 0.2) is 17.3 Å². The van der Waals surface area contributed by atoms with Gasteiger partial charge >= 0.3 is 0 Å². The zero-order valence-corrected chi connectivity index (χ0v) is 13.6. The summed E-state index contributed by atoms with van der Waals surface area (Å²) in [5.74, 6) is 2.01. The highest BCUT2D eigenvalue weighted by molar-refractivity contribution is 5.82. The Balaban J connectivity index is 1.52. The molecule has 0 amide bonds. The molecule has 126 valence electrons. The highest BCUT2D eigenvalue weighted by atomic mass is 16.5. The van der Waals surface area contributed by atoms with Crippen molar-refractivity contribution in [3.8, 4) is 0 Å². The summed E-state index contributed by atoms with van der Waals surface area (Å²) in [4.78, 5) is 24.4. The van der Waals surface area contributed by atoms with E-state index < -0.39 is 0 Å². The molecule has 2 N–H and O–H groups in total. The standard InChI is InChI=1S/C14H19N9O/c1-22-4-3-15-5-9(22)12-20-10(24-21-12)6-23(2)14-11-13(17-7-16-11)18-8-19-14/h7-9,15H,3-6H2,1-2H3,(H,16,17,18,19). The first-order valence-corrected chi connectivity index (χ1v) is 7.81. The highest BCUT2D eigenvalue weighted by Crippen LogP contribution is 2.21. The molecule has 1 fully saturated rings. The number of likely N-dealkylation sites (N-methyl/N-ethyl adjacent to an activating group) is 1. The molecule has 4 rings (SSSR count). The van der Waals surface area contributed by atoms with Crippen molar-refractivity contribution in [1.82, 2.24) is 40.3 Å². The molecule has 1 unspecified atom stereocenters. The molecule has 10 nitrogen and oxygen atoms in total. The molecule has 4 heterocycles. The molecule has 1 saturated heterocycles. The number of aromatic amines is 1. The summed E-state index contributed by atoms with van der Waals surface area (Å²) in [6.45, 7) is 3.23. The zero-order chi connectivity index (χ0) is 16.5. The average Bonchev–Trinajstić information content (AvgIpc) is 3.24. The lowest BCUT2D eigenvalue weighted by atomic mass is 10.2. The molecule has 0 aromatic carbocycles. The number of nitrogens with one attached hydrogen (secondary N) is 2. The molecular formula is C14H19N9O. The van der Waals surface area contributed by atoms with Crippen molar-refractivity contribution >= 4 is 17.0 Å². The molecule has 0 aliphatic carbocycles. The molecule has 3 aromatic rings. The van der Waals surface area contributed by atoms with Crippen molar-refractivity contribution in [3.63, 3.8) is 0 Å². The van der Waals surface area contributed by atoms with E-state index in [9.17, 15) is 0 Å². The number of imidazole rings is 1. The summed E-state index contributed by atoms with van der Waals surface area (Å²) >= 11 is 0. The van der Waals surface area contributed by atoms with E-state index in [4.69, 9.17) is 4.52 Å². The van der Waals surface area contributed by atoms with Crippen molar-refractivity contribution in [3.05, 3.63) is 24.4 Å². The van der Waals surface area contributed by atoms with Crippen molar-refractivity contribution in [2.24, 2.45) is 0 Å². The van der Waals surface area contributed by atoms with Crippen molar-refractivity contribution in [2.75, 3.05) is 38.6 Å². The second-order valence-corrected chi connectivity index (χ2v) is 5.90. The van der Waals surface area contributed by atoms with Crippen molar-refractivity contribution in [1.29, 1.82) is 0 Å². The summed E-state index contributed by atoms with van der Waals surface area (Å²) in [6.07, 6.45) is 3.10. The van der Waals surface area contributed by atoms with Gasteiger partial charge in [-0.25, -0.2) is 15.0 Å². The van der Waals surface area contributed by atoms with Gasteiger partial charge in [-0.05, 0) is 7.05 Å². The largest absolute Gasteiger partial charge is 0.348 e. The Morgan fingerprint density at radius 1 is 1.38 bits per heavy atom. The van der Waals surface area contributed by atoms with Crippen LogP contribution in [0, 0.1) is 0 Å². The summed E-state index contributed by atoms with van der Waals surface area (Å²) in [5, 5.41) is 7.50. The second-order valence-electron chi connectivity index (χ2n) is 5.90. The van der Waals surface area contributed by atoms with E-state index in [2.05, 4.69) is 47.3 Å². The van der Waals surface area contributed by atoms with Crippen LogP contribution in [-0.2, 0) is 6.54 Å². The fourth-order valence-electron chi connectivity index (χ4n) is 2.88. The molecule has 1 atom stereocenters. The number of piperazine rings is 1. The average molecular weight is 329 g/mol. The number of hydrogen-bond donors (Lipinski definition) is 2. The van der Waals surface area contributed by atoms with E-state index in [-0.39, 0.29) is 6.04 Å². The molecule has 0 spiro atoms. The maximum Gasteiger partial charge on any atom is 0.246 e. The van der Waals surface area contributed by atoms with E-state index in [1.807, 2.05) is 11.9 Å². The van der Waals surface area contributed by atoms with E-state index in [0.29, 0.717) is 23.9 Å². The molecule has 3 aromatic heterocycles. The number of rotatable bonds is 4. The minimum absolute atomic E-state index is 0.139. The molecule has 1 aliphatic rings. The first-order chi connectivity index (χ1) is 11.7. The predicted molar refractivity (Wildman–Crippen MR) is 86.3 cm³/mol. The Kier molecular flexibility index (Phi) is 3.82. The van der Waals surface area contributed by atoms with Gasteiger partial charge in [0, 0.05) is 26.7 Å². The Bertz CT molecular complexity index is 828. The van der Waals surface area contributed by atoms with Gasteiger partial charge in [0.05, 0.1) is 18.9 Å². The third-order valence-corrected chi connectivity index (χ3v) is 4.23. The maximum atomic E-state index is 5.43. The van der Waals surface area contributed by atoms with Crippen LogP contribution >= 0.6 is 0 Å². The van der Waals surface area contributed by atoms with E-state index in [1.54, 1.807) is 6.33 Å². The smallest absolute Gasteiger partial charge is 0.246 e. The lowest BCUT2D eigenvalue weighted by Gasteiger charge is -2.30. The Hall–Kier alpha value is -2.59. The summed E-state index contributed by atoms with van der Waals surface area (Å²) in [7, 11) is 3.99. The van der Waals surface area contributed by atoms with Crippen LogP contribution in [0.25, 0.3) is 11.2 Å². The third kappa shape index (κ3) is 2.69. The van der Waals surface area contributed by atoms with Gasteiger partial charge in [-0.15, -0.1) is 0 Å². The van der Waals surface area contributed by atoms with E-state index >= 15 is 0 Å². The van der Waals surface area contributed by atoms with Gasteiger partial charge in [0.1, 0.15) is 11.8 Å². The summed E-state index contributed by atoms with van der Waals surface area (Å²) in [6, 6.07) is 0.139. The molecular weight excluding hydrogens is 310 g/mol. The molecule has 10 heteroatoms. The highest BCUT2D eigenvalue weighted by Gasteiger charge is 2.25. The molecule has 24 heavy (non-hydrogen) atoms. The number of fused-ring (bicyclic) bond motifs is 1. The van der Waals surface area contributed by atoms with Gasteiger partial charge in [0.25, 0.3) is 0 Å². The number of hydrogen-bond acceptors (Lipinski definition) is 9. The Labute approximate surface area is 138 Å². The molecule has 1 aliphatic heterocycles. The van der Waals surface area contributed by atoms with Gasteiger partial charge in [-0.2, -0.15) is 4.98 Å².